The van der Waals surface area contributed by atoms with Gasteiger partial charge in [-0.2, -0.15) is 0 Å². The van der Waals surface area contributed by atoms with E-state index in [2.05, 4.69) is 36.2 Å². The fourth-order valence-corrected chi connectivity index (χ4v) is 5.98. The van der Waals surface area contributed by atoms with Crippen molar-refractivity contribution in [2.24, 2.45) is 0 Å². The van der Waals surface area contributed by atoms with Crippen LogP contribution in [0.15, 0.2) is 42.5 Å². The van der Waals surface area contributed by atoms with Crippen LogP contribution in [0.4, 0.5) is 0 Å². The lowest BCUT2D eigenvalue weighted by Crippen LogP contribution is -2.52. The maximum Gasteiger partial charge on any atom is 0.170 e. The molecule has 2 aromatic carbocycles. The smallest absolute Gasteiger partial charge is 0.170 e. The minimum absolute atomic E-state index is 0.0406. The number of nitrogens with zero attached hydrogens (tertiary/aromatic N) is 1. The third kappa shape index (κ3) is 3.45. The van der Waals surface area contributed by atoms with E-state index in [0.717, 1.165) is 55.0 Å². The second-order valence-corrected chi connectivity index (χ2v) is 9.28. The minimum atomic E-state index is -0.520. The van der Waals surface area contributed by atoms with Crippen LogP contribution in [0, 0.1) is 0 Å². The summed E-state index contributed by atoms with van der Waals surface area (Å²) in [5.41, 5.74) is 2.54. The van der Waals surface area contributed by atoms with E-state index in [0.29, 0.717) is 12.6 Å². The van der Waals surface area contributed by atoms with E-state index in [4.69, 9.17) is 23.7 Å². The lowest BCUT2D eigenvalue weighted by molar-refractivity contribution is -0.204. The molecule has 4 atom stereocenters. The van der Waals surface area contributed by atoms with Gasteiger partial charge in [0, 0.05) is 24.3 Å². The predicted octanol–water partition coefficient (Wildman–Crippen LogP) is 4.32. The summed E-state index contributed by atoms with van der Waals surface area (Å²) in [4.78, 5) is 2.48. The molecule has 0 N–H and O–H groups in total. The van der Waals surface area contributed by atoms with Crippen LogP contribution in [-0.2, 0) is 14.9 Å². The van der Waals surface area contributed by atoms with E-state index in [-0.39, 0.29) is 11.5 Å². The van der Waals surface area contributed by atoms with Crippen LogP contribution in [0.5, 0.6) is 17.2 Å². The summed E-state index contributed by atoms with van der Waals surface area (Å²) in [6.07, 6.45) is 3.86. The number of rotatable bonds is 5. The molecule has 1 saturated carbocycles. The van der Waals surface area contributed by atoms with Crippen LogP contribution in [0.25, 0.3) is 0 Å². The van der Waals surface area contributed by atoms with Crippen LogP contribution in [-0.4, -0.2) is 58.3 Å². The molecule has 1 aliphatic carbocycles. The van der Waals surface area contributed by atoms with Crippen molar-refractivity contribution >= 4 is 0 Å². The summed E-state index contributed by atoms with van der Waals surface area (Å²) >= 11 is 0. The van der Waals surface area contributed by atoms with Crippen LogP contribution in [0.1, 0.15) is 42.9 Å². The fourth-order valence-electron chi connectivity index (χ4n) is 5.98. The fraction of sp³-hybridized carbons (Fsp3) is 0.538. The number of fused-ring (bicyclic) bond motifs is 1. The average molecular weight is 440 g/mol. The van der Waals surface area contributed by atoms with Gasteiger partial charge in [-0.25, -0.2) is 0 Å². The summed E-state index contributed by atoms with van der Waals surface area (Å²) < 4.78 is 29.4. The highest BCUT2D eigenvalue weighted by molar-refractivity contribution is 5.46. The molecule has 0 aromatic heterocycles. The van der Waals surface area contributed by atoms with Gasteiger partial charge in [0.2, 0.25) is 0 Å². The SMILES string of the molecule is COc1ccc(C2COC3(CCC4(c5ccc(OC)c(OC)c5)CCN(C)C4C3)O2)cc1. The first-order valence-corrected chi connectivity index (χ1v) is 11.4. The molecule has 3 fully saturated rings. The van der Waals surface area contributed by atoms with Crippen molar-refractivity contribution in [3.63, 3.8) is 0 Å². The average Bonchev–Trinajstić information content (AvgIpc) is 3.41. The molecule has 6 heteroatoms. The summed E-state index contributed by atoms with van der Waals surface area (Å²) in [7, 11) is 7.29. The molecule has 2 saturated heterocycles. The van der Waals surface area contributed by atoms with Crippen molar-refractivity contribution in [2.45, 2.75) is 49.0 Å². The second kappa shape index (κ2) is 8.25. The van der Waals surface area contributed by atoms with Crippen LogP contribution < -0.4 is 14.2 Å². The number of methoxy groups -OCH3 is 3. The standard InChI is InChI=1S/C26H33NO5/c1-27-14-13-25(19-7-10-21(29-3)22(15-19)30-4)11-12-26(16-24(25)27)31-17-23(32-26)18-5-8-20(28-2)9-6-18/h5-10,15,23-24H,11-14,16-17H2,1-4H3. The molecule has 6 nitrogen and oxygen atoms in total. The van der Waals surface area contributed by atoms with Crippen molar-refractivity contribution in [2.75, 3.05) is 41.5 Å². The Kier molecular flexibility index (Phi) is 5.56. The van der Waals surface area contributed by atoms with E-state index < -0.39 is 5.79 Å². The molecule has 172 valence electrons. The van der Waals surface area contributed by atoms with Gasteiger partial charge in [-0.15, -0.1) is 0 Å². The first kappa shape index (κ1) is 21.6. The zero-order valence-corrected chi connectivity index (χ0v) is 19.4. The number of likely N-dealkylation sites (N-methyl/N-ethyl adjacent to an activating group) is 1. The van der Waals surface area contributed by atoms with Gasteiger partial charge in [0.15, 0.2) is 17.3 Å². The number of hydrogen-bond acceptors (Lipinski definition) is 6. The van der Waals surface area contributed by atoms with Crippen molar-refractivity contribution in [3.05, 3.63) is 53.6 Å². The number of likely N-dealkylation sites (tertiary alicyclic amines) is 1. The molecular formula is C26H33NO5. The monoisotopic (exact) mass is 439 g/mol. The van der Waals surface area contributed by atoms with E-state index >= 15 is 0 Å². The molecule has 4 unspecified atom stereocenters. The molecule has 2 aliphatic heterocycles. The van der Waals surface area contributed by atoms with Crippen molar-refractivity contribution in [1.82, 2.24) is 4.90 Å². The molecule has 0 radical (unpaired) electrons. The second-order valence-electron chi connectivity index (χ2n) is 9.28. The molecule has 2 aromatic rings. The molecular weight excluding hydrogens is 406 g/mol. The molecule has 0 amide bonds. The maximum absolute atomic E-state index is 6.63. The summed E-state index contributed by atoms with van der Waals surface area (Å²) in [6.45, 7) is 1.66. The number of benzene rings is 2. The molecule has 3 aliphatic rings. The van der Waals surface area contributed by atoms with E-state index in [1.165, 1.54) is 5.56 Å². The molecule has 1 spiro atoms. The van der Waals surface area contributed by atoms with Gasteiger partial charge in [0.05, 0.1) is 27.9 Å². The van der Waals surface area contributed by atoms with Gasteiger partial charge in [-0.3, -0.25) is 0 Å². The summed E-state index contributed by atoms with van der Waals surface area (Å²) in [5.74, 6) is 1.90. The quantitative estimate of drug-likeness (QED) is 0.692. The first-order chi connectivity index (χ1) is 15.5. The molecule has 0 bridgehead atoms. The van der Waals surface area contributed by atoms with Gasteiger partial charge in [-0.05, 0) is 61.8 Å². The van der Waals surface area contributed by atoms with Gasteiger partial charge in [0.1, 0.15) is 11.9 Å². The molecule has 5 rings (SSSR count). The highest BCUT2D eigenvalue weighted by Gasteiger charge is 2.57. The Hall–Kier alpha value is -2.28. The van der Waals surface area contributed by atoms with E-state index in [9.17, 15) is 0 Å². The molecule has 2 heterocycles. The minimum Gasteiger partial charge on any atom is -0.497 e. The Morgan fingerprint density at radius 3 is 2.41 bits per heavy atom. The zero-order chi connectivity index (χ0) is 22.3. The maximum atomic E-state index is 6.63. The Morgan fingerprint density at radius 1 is 0.906 bits per heavy atom. The van der Waals surface area contributed by atoms with Crippen molar-refractivity contribution < 1.29 is 23.7 Å². The van der Waals surface area contributed by atoms with E-state index in [1.54, 1.807) is 21.3 Å². The lowest BCUT2D eigenvalue weighted by atomic mass is 9.64. The summed E-state index contributed by atoms with van der Waals surface area (Å²) in [5, 5.41) is 0. The normalized spacial score (nSPS) is 32.1. The van der Waals surface area contributed by atoms with Gasteiger partial charge < -0.3 is 28.6 Å². The van der Waals surface area contributed by atoms with Crippen molar-refractivity contribution in [3.8, 4) is 17.2 Å². The highest BCUT2D eigenvalue weighted by atomic mass is 16.7. The Morgan fingerprint density at radius 2 is 1.69 bits per heavy atom. The summed E-state index contributed by atoms with van der Waals surface area (Å²) in [6, 6.07) is 14.9. The Balaban J connectivity index is 1.39. The zero-order valence-electron chi connectivity index (χ0n) is 19.4. The van der Waals surface area contributed by atoms with Crippen LogP contribution in [0.2, 0.25) is 0 Å². The third-order valence-corrected chi connectivity index (χ3v) is 7.84. The number of ether oxygens (including phenoxy) is 5. The van der Waals surface area contributed by atoms with Gasteiger partial charge in [-0.1, -0.05) is 18.2 Å². The topological polar surface area (TPSA) is 49.4 Å². The third-order valence-electron chi connectivity index (χ3n) is 7.84. The lowest BCUT2D eigenvalue weighted by Gasteiger charge is -2.48. The van der Waals surface area contributed by atoms with E-state index in [1.807, 2.05) is 18.2 Å². The van der Waals surface area contributed by atoms with Gasteiger partial charge in [0.25, 0.3) is 0 Å². The van der Waals surface area contributed by atoms with Crippen LogP contribution in [0.3, 0.4) is 0 Å². The van der Waals surface area contributed by atoms with Gasteiger partial charge >= 0.3 is 0 Å². The number of hydrogen-bond donors (Lipinski definition) is 0. The van der Waals surface area contributed by atoms with Crippen molar-refractivity contribution in [1.29, 1.82) is 0 Å². The Bertz CT molecular complexity index is 963. The van der Waals surface area contributed by atoms with Crippen LogP contribution >= 0.6 is 0 Å². The highest BCUT2D eigenvalue weighted by Crippen LogP contribution is 2.55. The largest absolute Gasteiger partial charge is 0.497 e. The first-order valence-electron chi connectivity index (χ1n) is 11.4. The predicted molar refractivity (Wildman–Crippen MR) is 122 cm³/mol. The Labute approximate surface area is 190 Å². The molecule has 32 heavy (non-hydrogen) atoms.